The van der Waals surface area contributed by atoms with E-state index in [2.05, 4.69) is 4.72 Å². The zero-order chi connectivity index (χ0) is 13.6. The van der Waals surface area contributed by atoms with Crippen LogP contribution in [0.1, 0.15) is 33.1 Å². The van der Waals surface area contributed by atoms with Crippen LogP contribution in [0.3, 0.4) is 0 Å². The van der Waals surface area contributed by atoms with Crippen molar-refractivity contribution in [2.45, 2.75) is 39.2 Å². The van der Waals surface area contributed by atoms with E-state index in [0.717, 1.165) is 12.8 Å². The zero-order valence-electron chi connectivity index (χ0n) is 10.7. The number of aliphatic carboxylic acids is 1. The summed E-state index contributed by atoms with van der Waals surface area (Å²) >= 11 is 0. The summed E-state index contributed by atoms with van der Waals surface area (Å²) < 4.78 is 27.9. The predicted octanol–water partition coefficient (Wildman–Crippen LogP) is 0.416. The average molecular weight is 276 g/mol. The summed E-state index contributed by atoms with van der Waals surface area (Å²) in [6.07, 6.45) is 2.27. The molecule has 0 aromatic carbocycles. The highest BCUT2D eigenvalue weighted by Crippen LogP contribution is 2.49. The molecule has 1 heterocycles. The predicted molar refractivity (Wildman–Crippen MR) is 66.2 cm³/mol. The second-order valence-electron chi connectivity index (χ2n) is 5.62. The van der Waals surface area contributed by atoms with E-state index in [1.54, 1.807) is 13.8 Å². The van der Waals surface area contributed by atoms with E-state index in [9.17, 15) is 18.3 Å². The van der Waals surface area contributed by atoms with Crippen LogP contribution in [0.15, 0.2) is 0 Å². The maximum Gasteiger partial charge on any atom is 0.311 e. The number of fused-ring (bicyclic) bond motifs is 1. The first kappa shape index (κ1) is 13.8. The highest BCUT2D eigenvalue weighted by molar-refractivity contribution is 7.87. The van der Waals surface area contributed by atoms with Gasteiger partial charge in [-0.15, -0.1) is 0 Å². The Kier molecular flexibility index (Phi) is 3.42. The molecule has 0 spiro atoms. The normalized spacial score (nSPS) is 32.9. The molecular formula is C11H20N2O4S. The first-order chi connectivity index (χ1) is 8.28. The van der Waals surface area contributed by atoms with E-state index in [1.807, 2.05) is 0 Å². The van der Waals surface area contributed by atoms with E-state index < -0.39 is 21.6 Å². The molecule has 6 nitrogen and oxygen atoms in total. The molecule has 2 aliphatic rings. The van der Waals surface area contributed by atoms with E-state index in [0.29, 0.717) is 13.0 Å². The van der Waals surface area contributed by atoms with Crippen LogP contribution in [0.4, 0.5) is 0 Å². The molecule has 0 unspecified atom stereocenters. The van der Waals surface area contributed by atoms with Crippen molar-refractivity contribution < 1.29 is 18.3 Å². The molecule has 2 N–H and O–H groups in total. The molecule has 0 aromatic heterocycles. The van der Waals surface area contributed by atoms with Crippen molar-refractivity contribution in [3.63, 3.8) is 0 Å². The summed E-state index contributed by atoms with van der Waals surface area (Å²) in [5.41, 5.74) is -0.855. The van der Waals surface area contributed by atoms with Crippen LogP contribution >= 0.6 is 0 Å². The van der Waals surface area contributed by atoms with Crippen molar-refractivity contribution in [2.75, 3.05) is 13.1 Å². The minimum atomic E-state index is -3.55. The molecule has 2 rings (SSSR count). The molecule has 7 heteroatoms. The minimum Gasteiger partial charge on any atom is -0.481 e. The number of nitrogens with zero attached hydrogens (tertiary/aromatic N) is 1. The standard InChI is InChI=1S/C11H20N2O4S/c1-8(2)12-18(16,17)13-6-9-4-3-5-11(9,7-13)10(14)15/h8-9,12H,3-7H2,1-2H3,(H,14,15)/t9-,11+/m0/s1. The van der Waals surface area contributed by atoms with Crippen molar-refractivity contribution >= 4 is 16.2 Å². The highest BCUT2D eigenvalue weighted by Gasteiger charge is 2.57. The van der Waals surface area contributed by atoms with Gasteiger partial charge in [-0.1, -0.05) is 6.42 Å². The third-order valence-corrected chi connectivity index (χ3v) is 5.72. The lowest BCUT2D eigenvalue weighted by atomic mass is 9.81. The molecule has 104 valence electrons. The van der Waals surface area contributed by atoms with Crippen LogP contribution in [0.25, 0.3) is 0 Å². The Labute approximate surface area is 108 Å². The van der Waals surface area contributed by atoms with Gasteiger partial charge in [0.25, 0.3) is 10.2 Å². The van der Waals surface area contributed by atoms with Gasteiger partial charge in [0.1, 0.15) is 0 Å². The molecule has 0 amide bonds. The number of hydrogen-bond donors (Lipinski definition) is 2. The molecular weight excluding hydrogens is 256 g/mol. The van der Waals surface area contributed by atoms with Crippen LogP contribution in [0.2, 0.25) is 0 Å². The fraction of sp³-hybridized carbons (Fsp3) is 0.909. The molecule has 18 heavy (non-hydrogen) atoms. The third kappa shape index (κ3) is 2.15. The molecule has 0 aromatic rings. The number of carbonyl (C=O) groups is 1. The molecule has 1 saturated heterocycles. The van der Waals surface area contributed by atoms with Crippen LogP contribution in [0, 0.1) is 11.3 Å². The maximum atomic E-state index is 12.1. The lowest BCUT2D eigenvalue weighted by Crippen LogP contribution is -2.44. The molecule has 2 fully saturated rings. The van der Waals surface area contributed by atoms with Gasteiger partial charge < -0.3 is 5.11 Å². The van der Waals surface area contributed by atoms with Gasteiger partial charge in [0.15, 0.2) is 0 Å². The van der Waals surface area contributed by atoms with E-state index >= 15 is 0 Å². The van der Waals surface area contributed by atoms with E-state index in [-0.39, 0.29) is 18.5 Å². The van der Waals surface area contributed by atoms with Crippen LogP contribution in [-0.2, 0) is 15.0 Å². The third-order valence-electron chi connectivity index (χ3n) is 3.99. The second kappa shape index (κ2) is 4.47. The minimum absolute atomic E-state index is 0.0428. The lowest BCUT2D eigenvalue weighted by Gasteiger charge is -2.23. The first-order valence-electron chi connectivity index (χ1n) is 6.29. The maximum absolute atomic E-state index is 12.1. The van der Waals surface area contributed by atoms with Crippen molar-refractivity contribution in [3.05, 3.63) is 0 Å². The quantitative estimate of drug-likeness (QED) is 0.779. The van der Waals surface area contributed by atoms with Crippen molar-refractivity contribution in [1.29, 1.82) is 0 Å². The Bertz CT molecular complexity index is 448. The Morgan fingerprint density at radius 3 is 2.67 bits per heavy atom. The van der Waals surface area contributed by atoms with Crippen molar-refractivity contribution in [2.24, 2.45) is 11.3 Å². The molecule has 1 aliphatic carbocycles. The Morgan fingerprint density at radius 1 is 1.50 bits per heavy atom. The Hall–Kier alpha value is -0.660. The largest absolute Gasteiger partial charge is 0.481 e. The monoisotopic (exact) mass is 276 g/mol. The molecule has 0 radical (unpaired) electrons. The summed E-state index contributed by atoms with van der Waals surface area (Å²) in [7, 11) is -3.55. The summed E-state index contributed by atoms with van der Waals surface area (Å²) in [5, 5.41) is 9.40. The topological polar surface area (TPSA) is 86.7 Å². The number of nitrogens with one attached hydrogen (secondary N) is 1. The summed E-state index contributed by atoms with van der Waals surface area (Å²) in [6, 6.07) is -0.184. The van der Waals surface area contributed by atoms with Gasteiger partial charge in [0, 0.05) is 19.1 Å². The Balaban J connectivity index is 2.20. The van der Waals surface area contributed by atoms with Gasteiger partial charge in [-0.05, 0) is 32.6 Å². The highest BCUT2D eigenvalue weighted by atomic mass is 32.2. The molecule has 2 atom stereocenters. The number of carboxylic acid groups (broad SMARTS) is 1. The van der Waals surface area contributed by atoms with E-state index in [4.69, 9.17) is 0 Å². The van der Waals surface area contributed by atoms with Crippen LogP contribution < -0.4 is 4.72 Å². The zero-order valence-corrected chi connectivity index (χ0v) is 11.5. The number of carboxylic acids is 1. The van der Waals surface area contributed by atoms with Gasteiger partial charge in [0.05, 0.1) is 5.41 Å². The van der Waals surface area contributed by atoms with Gasteiger partial charge in [0.2, 0.25) is 0 Å². The summed E-state index contributed by atoms with van der Waals surface area (Å²) in [4.78, 5) is 11.5. The summed E-state index contributed by atoms with van der Waals surface area (Å²) in [5.74, 6) is -0.897. The average Bonchev–Trinajstić information content (AvgIpc) is 2.70. The lowest BCUT2D eigenvalue weighted by molar-refractivity contribution is -0.149. The first-order valence-corrected chi connectivity index (χ1v) is 7.73. The van der Waals surface area contributed by atoms with Gasteiger partial charge >= 0.3 is 5.97 Å². The van der Waals surface area contributed by atoms with Crippen molar-refractivity contribution in [3.8, 4) is 0 Å². The van der Waals surface area contributed by atoms with Gasteiger partial charge in [-0.2, -0.15) is 17.4 Å². The van der Waals surface area contributed by atoms with Gasteiger partial charge in [-0.25, -0.2) is 0 Å². The SMILES string of the molecule is CC(C)NS(=O)(=O)N1C[C@@H]2CCC[C@@]2(C(=O)O)C1. The van der Waals surface area contributed by atoms with Crippen LogP contribution in [-0.4, -0.2) is 42.9 Å². The van der Waals surface area contributed by atoms with Crippen LogP contribution in [0.5, 0.6) is 0 Å². The second-order valence-corrected chi connectivity index (χ2v) is 7.32. The van der Waals surface area contributed by atoms with Gasteiger partial charge in [-0.3, -0.25) is 4.79 Å². The molecule has 0 bridgehead atoms. The molecule has 1 saturated carbocycles. The number of hydrogen-bond acceptors (Lipinski definition) is 3. The van der Waals surface area contributed by atoms with E-state index in [1.165, 1.54) is 4.31 Å². The van der Waals surface area contributed by atoms with Crippen molar-refractivity contribution in [1.82, 2.24) is 9.03 Å². The smallest absolute Gasteiger partial charge is 0.311 e. The number of rotatable bonds is 4. The fourth-order valence-corrected chi connectivity index (χ4v) is 4.67. The Morgan fingerprint density at radius 2 is 2.17 bits per heavy atom. The molecule has 1 aliphatic heterocycles. The summed E-state index contributed by atoms with van der Waals surface area (Å²) in [6.45, 7) is 3.94. The fourth-order valence-electron chi connectivity index (χ4n) is 3.15.